The number of nitrogens with zero attached hydrogens (tertiary/aromatic N) is 4. The quantitative estimate of drug-likeness (QED) is 0.671. The first-order valence-corrected chi connectivity index (χ1v) is 7.03. The number of ether oxygens (including phenoxy) is 1. The third kappa shape index (κ3) is 4.80. The van der Waals surface area contributed by atoms with Crippen molar-refractivity contribution in [2.45, 2.75) is 50.2 Å². The van der Waals surface area contributed by atoms with Crippen molar-refractivity contribution in [3.8, 4) is 0 Å². The van der Waals surface area contributed by atoms with Crippen molar-refractivity contribution >= 4 is 24.9 Å². The average Bonchev–Trinajstić information content (AvgIpc) is 2.98. The lowest BCUT2D eigenvalue weighted by molar-refractivity contribution is -0.0207. The van der Waals surface area contributed by atoms with Gasteiger partial charge in [-0.3, -0.25) is 20.0 Å². The van der Waals surface area contributed by atoms with Crippen LogP contribution in [0.2, 0.25) is 0 Å². The van der Waals surface area contributed by atoms with Gasteiger partial charge in [0.05, 0.1) is 25.4 Å². The van der Waals surface area contributed by atoms with Crippen LogP contribution in [0.1, 0.15) is 26.7 Å². The Morgan fingerprint density at radius 3 is 1.48 bits per heavy atom. The summed E-state index contributed by atoms with van der Waals surface area (Å²) in [6.07, 6.45) is 5.94. The molecule has 0 aromatic carbocycles. The summed E-state index contributed by atoms with van der Waals surface area (Å²) < 4.78 is 5.36. The van der Waals surface area contributed by atoms with E-state index in [9.17, 15) is 10.2 Å². The van der Waals surface area contributed by atoms with Gasteiger partial charge < -0.3 is 14.9 Å². The average molecular weight is 294 g/mol. The lowest BCUT2D eigenvalue weighted by Crippen LogP contribution is -2.31. The normalized spacial score (nSPS) is 23.8. The van der Waals surface area contributed by atoms with Crippen LogP contribution in [0.3, 0.4) is 0 Å². The SMILES string of the molecule is CC1(CC(O)COCC(O)CC2(C)N=CC=N2)N=CC=N1. The molecule has 0 radical (unpaired) electrons. The molecule has 7 heteroatoms. The van der Waals surface area contributed by atoms with Crippen molar-refractivity contribution in [1.82, 2.24) is 0 Å². The highest BCUT2D eigenvalue weighted by Crippen LogP contribution is 2.22. The van der Waals surface area contributed by atoms with E-state index in [-0.39, 0.29) is 13.2 Å². The molecule has 2 aliphatic heterocycles. The molecule has 2 aliphatic rings. The second-order valence-electron chi connectivity index (χ2n) is 5.80. The van der Waals surface area contributed by atoms with E-state index in [1.165, 1.54) is 0 Å². The lowest BCUT2D eigenvalue weighted by atomic mass is 10.1. The smallest absolute Gasteiger partial charge is 0.149 e. The molecule has 0 amide bonds. The Hall–Kier alpha value is -1.44. The first-order valence-electron chi connectivity index (χ1n) is 7.03. The Balaban J connectivity index is 1.64. The molecule has 2 atom stereocenters. The fourth-order valence-electron chi connectivity index (χ4n) is 2.40. The van der Waals surface area contributed by atoms with Gasteiger partial charge in [0.2, 0.25) is 0 Å². The van der Waals surface area contributed by atoms with Crippen molar-refractivity contribution in [3.63, 3.8) is 0 Å². The van der Waals surface area contributed by atoms with Gasteiger partial charge in [-0.2, -0.15) is 0 Å². The maximum Gasteiger partial charge on any atom is 0.149 e. The van der Waals surface area contributed by atoms with E-state index >= 15 is 0 Å². The Morgan fingerprint density at radius 2 is 1.14 bits per heavy atom. The second kappa shape index (κ2) is 6.55. The van der Waals surface area contributed by atoms with Crippen LogP contribution in [0.4, 0.5) is 0 Å². The van der Waals surface area contributed by atoms with E-state index in [0.717, 1.165) is 0 Å². The molecule has 2 unspecified atom stereocenters. The van der Waals surface area contributed by atoms with E-state index < -0.39 is 23.5 Å². The molecule has 0 saturated heterocycles. The Morgan fingerprint density at radius 1 is 0.810 bits per heavy atom. The van der Waals surface area contributed by atoms with Crippen LogP contribution in [-0.2, 0) is 4.74 Å². The molecule has 0 fully saturated rings. The predicted molar refractivity (Wildman–Crippen MR) is 82.8 cm³/mol. The van der Waals surface area contributed by atoms with Crippen LogP contribution in [0.5, 0.6) is 0 Å². The molecular weight excluding hydrogens is 272 g/mol. The van der Waals surface area contributed by atoms with Gasteiger partial charge in [-0.25, -0.2) is 0 Å². The molecule has 21 heavy (non-hydrogen) atoms. The summed E-state index contributed by atoms with van der Waals surface area (Å²) in [5, 5.41) is 19.8. The first kappa shape index (κ1) is 15.9. The van der Waals surface area contributed by atoms with Gasteiger partial charge in [-0.05, 0) is 13.8 Å². The molecule has 2 rings (SSSR count). The van der Waals surface area contributed by atoms with Crippen LogP contribution in [0.25, 0.3) is 0 Å². The van der Waals surface area contributed by atoms with Crippen LogP contribution < -0.4 is 0 Å². The minimum Gasteiger partial charge on any atom is -0.391 e. The molecule has 116 valence electrons. The number of rotatable bonds is 8. The summed E-state index contributed by atoms with van der Waals surface area (Å²) in [5.74, 6) is 0. The zero-order valence-corrected chi connectivity index (χ0v) is 12.4. The van der Waals surface area contributed by atoms with E-state index in [4.69, 9.17) is 4.74 Å². The third-order valence-electron chi connectivity index (χ3n) is 3.41. The summed E-state index contributed by atoms with van der Waals surface area (Å²) in [6, 6.07) is 0. The maximum atomic E-state index is 9.92. The molecule has 2 N–H and O–H groups in total. The summed E-state index contributed by atoms with van der Waals surface area (Å²) in [7, 11) is 0. The molecule has 0 spiro atoms. The van der Waals surface area contributed by atoms with Crippen molar-refractivity contribution in [3.05, 3.63) is 0 Å². The first-order chi connectivity index (χ1) is 9.91. The van der Waals surface area contributed by atoms with Gasteiger partial charge in [-0.1, -0.05) is 0 Å². The molecule has 0 aromatic rings. The van der Waals surface area contributed by atoms with Gasteiger partial charge in [0.25, 0.3) is 0 Å². The molecule has 0 bridgehead atoms. The standard InChI is InChI=1S/C14H22N4O3/c1-13(15-3-4-16-13)7-11(19)9-21-10-12(20)8-14(2)17-5-6-18-14/h3-6,11-12,19-20H,7-10H2,1-2H3. The topological polar surface area (TPSA) is 99.1 Å². The highest BCUT2D eigenvalue weighted by Gasteiger charge is 2.28. The Bertz CT molecular complexity index is 407. The van der Waals surface area contributed by atoms with Crippen LogP contribution in [0.15, 0.2) is 20.0 Å². The second-order valence-corrected chi connectivity index (χ2v) is 5.80. The Labute approximate surface area is 124 Å². The van der Waals surface area contributed by atoms with Gasteiger partial charge in [0, 0.05) is 37.7 Å². The van der Waals surface area contributed by atoms with E-state index in [0.29, 0.717) is 12.8 Å². The van der Waals surface area contributed by atoms with Crippen LogP contribution in [-0.4, -0.2) is 71.8 Å². The zero-order valence-electron chi connectivity index (χ0n) is 12.4. The number of aliphatic imine (C=N–C) groups is 4. The highest BCUT2D eigenvalue weighted by molar-refractivity contribution is 6.18. The van der Waals surface area contributed by atoms with Crippen molar-refractivity contribution in [2.75, 3.05) is 13.2 Å². The number of aliphatic hydroxyl groups excluding tert-OH is 2. The van der Waals surface area contributed by atoms with Gasteiger partial charge in [0.15, 0.2) is 0 Å². The van der Waals surface area contributed by atoms with Gasteiger partial charge in [0.1, 0.15) is 11.3 Å². The third-order valence-corrected chi connectivity index (χ3v) is 3.41. The largest absolute Gasteiger partial charge is 0.391 e. The summed E-state index contributed by atoms with van der Waals surface area (Å²) in [4.78, 5) is 16.7. The number of hydrogen-bond acceptors (Lipinski definition) is 7. The van der Waals surface area contributed by atoms with Crippen LogP contribution >= 0.6 is 0 Å². The maximum absolute atomic E-state index is 9.92. The van der Waals surface area contributed by atoms with Crippen molar-refractivity contribution in [2.24, 2.45) is 20.0 Å². The summed E-state index contributed by atoms with van der Waals surface area (Å²) in [6.45, 7) is 3.98. The minimum atomic E-state index is -0.673. The van der Waals surface area contributed by atoms with Crippen molar-refractivity contribution in [1.29, 1.82) is 0 Å². The lowest BCUT2D eigenvalue weighted by Gasteiger charge is -2.23. The summed E-state index contributed by atoms with van der Waals surface area (Å²) in [5.41, 5.74) is -1.19. The molecule has 2 heterocycles. The molecular formula is C14H22N4O3. The molecule has 0 aliphatic carbocycles. The van der Waals surface area contributed by atoms with E-state index in [1.807, 2.05) is 13.8 Å². The Kier molecular flexibility index (Phi) is 4.97. The summed E-state index contributed by atoms with van der Waals surface area (Å²) >= 11 is 0. The van der Waals surface area contributed by atoms with Crippen LogP contribution in [0, 0.1) is 0 Å². The molecule has 0 aromatic heterocycles. The van der Waals surface area contributed by atoms with Crippen molar-refractivity contribution < 1.29 is 14.9 Å². The van der Waals surface area contributed by atoms with E-state index in [1.54, 1.807) is 24.9 Å². The van der Waals surface area contributed by atoms with Gasteiger partial charge in [-0.15, -0.1) is 0 Å². The molecule has 0 saturated carbocycles. The monoisotopic (exact) mass is 294 g/mol. The van der Waals surface area contributed by atoms with E-state index in [2.05, 4.69) is 20.0 Å². The molecule has 7 nitrogen and oxygen atoms in total. The van der Waals surface area contributed by atoms with Gasteiger partial charge >= 0.3 is 0 Å². The zero-order chi connectivity index (χ0) is 15.3. The minimum absolute atomic E-state index is 0.140. The number of aliphatic hydroxyl groups is 2. The fraction of sp³-hybridized carbons (Fsp3) is 0.714. The fourth-order valence-corrected chi connectivity index (χ4v) is 2.40. The number of hydrogen-bond donors (Lipinski definition) is 2. The highest BCUT2D eigenvalue weighted by atomic mass is 16.5. The predicted octanol–water partition coefficient (Wildman–Crippen LogP) is 0.248.